The molecule has 1 aromatic rings. The van der Waals surface area contributed by atoms with Crippen molar-refractivity contribution in [2.45, 2.75) is 0 Å². The first kappa shape index (κ1) is 8.68. The van der Waals surface area contributed by atoms with E-state index in [-0.39, 0.29) is 6.61 Å². The monoisotopic (exact) mass is 161 g/mol. The van der Waals surface area contributed by atoms with Gasteiger partial charge in [0.25, 0.3) is 0 Å². The summed E-state index contributed by atoms with van der Waals surface area (Å²) in [4.78, 5) is 4.02. The Kier molecular flexibility index (Phi) is 3.23. The number of aliphatic hydroxyl groups excluding tert-OH is 1. The van der Waals surface area contributed by atoms with Crippen LogP contribution in [0, 0.1) is 0 Å². The molecule has 0 spiro atoms. The molecule has 1 N–H and O–H groups in total. The van der Waals surface area contributed by atoms with Crippen LogP contribution in [0.3, 0.4) is 0 Å². The second kappa shape index (κ2) is 4.46. The Morgan fingerprint density at radius 1 is 1.58 bits per heavy atom. The average molecular weight is 161 g/mol. The highest BCUT2D eigenvalue weighted by Crippen LogP contribution is 1.72. The molecule has 2 nitrogen and oxygen atoms in total. The van der Waals surface area contributed by atoms with Crippen LogP contribution < -0.4 is 10.6 Å². The maximum atomic E-state index is 8.48. The van der Waals surface area contributed by atoms with Gasteiger partial charge in [0.2, 0.25) is 0 Å². The third-order valence-corrected chi connectivity index (χ3v) is 1.44. The number of rotatable bonds is 2. The molecule has 0 unspecified atom stereocenters. The number of hydrogen-bond donors (Lipinski definition) is 1. The summed E-state index contributed by atoms with van der Waals surface area (Å²) in [7, 11) is 0. The van der Waals surface area contributed by atoms with Crippen molar-refractivity contribution in [2.24, 2.45) is 0 Å². The first-order valence-corrected chi connectivity index (χ1v) is 3.72. The minimum absolute atomic E-state index is 0.0588. The molecule has 0 aliphatic carbocycles. The van der Waals surface area contributed by atoms with E-state index in [9.17, 15) is 0 Å². The number of allylic oxidation sites excluding steroid dienone is 1. The molecule has 0 aliphatic rings. The van der Waals surface area contributed by atoms with Crippen molar-refractivity contribution in [3.63, 3.8) is 0 Å². The molecule has 0 fully saturated rings. The Balaban J connectivity index is 3.03. The molecule has 0 radical (unpaired) electrons. The molecule has 1 rings (SSSR count). The molecule has 0 aromatic carbocycles. The fourth-order valence-corrected chi connectivity index (χ4v) is 0.835. The van der Waals surface area contributed by atoms with Gasteiger partial charge in [0.15, 0.2) is 0 Å². The van der Waals surface area contributed by atoms with E-state index in [0.717, 1.165) is 10.6 Å². The quantitative estimate of drug-likeness (QED) is 0.652. The van der Waals surface area contributed by atoms with Crippen molar-refractivity contribution >= 4 is 12.7 Å². The highest BCUT2D eigenvalue weighted by Gasteiger charge is 1.77. The van der Waals surface area contributed by atoms with Gasteiger partial charge in [0.05, 0.1) is 12.0 Å². The predicted octanol–water partition coefficient (Wildman–Crippen LogP) is -0.179. The van der Waals surface area contributed by atoms with Gasteiger partial charge in [0, 0.05) is 6.20 Å². The molecule has 62 valence electrons. The van der Waals surface area contributed by atoms with E-state index in [1.54, 1.807) is 18.3 Å². The number of aliphatic hydroxyl groups is 1. The summed E-state index contributed by atoms with van der Waals surface area (Å²) in [5.74, 6) is 0. The second-order valence-corrected chi connectivity index (χ2v) is 2.32. The van der Waals surface area contributed by atoms with Crippen LogP contribution in [-0.2, 0) is 0 Å². The van der Waals surface area contributed by atoms with Gasteiger partial charge >= 0.3 is 0 Å². The van der Waals surface area contributed by atoms with Crippen LogP contribution in [0.15, 0.2) is 30.5 Å². The third kappa shape index (κ3) is 2.32. The normalized spacial score (nSPS) is 12.6. The summed E-state index contributed by atoms with van der Waals surface area (Å²) in [6.07, 6.45) is 7.01. The number of nitrogens with zero attached hydrogens (tertiary/aromatic N) is 1. The van der Waals surface area contributed by atoms with Gasteiger partial charge in [-0.25, -0.2) is 0 Å². The lowest BCUT2D eigenvalue weighted by Crippen LogP contribution is -2.25. The Morgan fingerprint density at radius 3 is 3.08 bits per heavy atom. The van der Waals surface area contributed by atoms with Crippen molar-refractivity contribution in [3.05, 3.63) is 41.0 Å². The third-order valence-electron chi connectivity index (χ3n) is 1.44. The molecule has 0 atom stereocenters. The van der Waals surface area contributed by atoms with Gasteiger partial charge in [-0.2, -0.15) is 0 Å². The van der Waals surface area contributed by atoms with Crippen LogP contribution in [0.2, 0.25) is 0 Å². The van der Waals surface area contributed by atoms with Gasteiger partial charge in [-0.3, -0.25) is 4.98 Å². The Morgan fingerprint density at radius 2 is 2.42 bits per heavy atom. The van der Waals surface area contributed by atoms with Crippen molar-refractivity contribution in [1.82, 2.24) is 4.98 Å². The Labute approximate surface area is 71.2 Å². The van der Waals surface area contributed by atoms with E-state index in [0.29, 0.717) is 0 Å². The minimum Gasteiger partial charge on any atom is -0.392 e. The average Bonchev–Trinajstić information content (AvgIpc) is 2.09. The smallest absolute Gasteiger partial charge is 0.0630 e. The zero-order valence-electron chi connectivity index (χ0n) is 6.77. The molecule has 0 saturated heterocycles. The van der Waals surface area contributed by atoms with Gasteiger partial charge in [-0.15, -0.1) is 0 Å². The SMILES string of the molecule is C=c1nccc/c1=C/C=C\CO. The fraction of sp³-hybridized carbons (Fsp3) is 0.100. The zero-order chi connectivity index (χ0) is 8.81. The number of hydrogen-bond acceptors (Lipinski definition) is 2. The summed E-state index contributed by atoms with van der Waals surface area (Å²) in [6.45, 7) is 3.82. The van der Waals surface area contributed by atoms with Crippen LogP contribution in [0.25, 0.3) is 12.7 Å². The molecule has 0 aliphatic heterocycles. The van der Waals surface area contributed by atoms with Gasteiger partial charge in [-0.1, -0.05) is 30.9 Å². The molecule has 0 bridgehead atoms. The van der Waals surface area contributed by atoms with E-state index in [4.69, 9.17) is 5.11 Å². The molecule has 1 aromatic heterocycles. The van der Waals surface area contributed by atoms with Crippen LogP contribution in [0.4, 0.5) is 0 Å². The first-order chi connectivity index (χ1) is 5.84. The fourth-order valence-electron chi connectivity index (χ4n) is 0.835. The summed E-state index contributed by atoms with van der Waals surface area (Å²) in [5, 5.41) is 10.2. The molecule has 2 heteroatoms. The molecule has 12 heavy (non-hydrogen) atoms. The highest BCUT2D eigenvalue weighted by molar-refractivity contribution is 5.36. The Bertz CT molecular complexity index is 368. The van der Waals surface area contributed by atoms with Crippen LogP contribution >= 0.6 is 0 Å². The lowest BCUT2D eigenvalue weighted by molar-refractivity contribution is 0.343. The molecule has 0 saturated carbocycles. The Hall–Kier alpha value is -1.41. The lowest BCUT2D eigenvalue weighted by atomic mass is 10.3. The molecular weight excluding hydrogens is 150 g/mol. The predicted molar refractivity (Wildman–Crippen MR) is 49.7 cm³/mol. The zero-order valence-corrected chi connectivity index (χ0v) is 6.77. The van der Waals surface area contributed by atoms with E-state index < -0.39 is 0 Å². The van der Waals surface area contributed by atoms with Gasteiger partial charge in [0.1, 0.15) is 0 Å². The van der Waals surface area contributed by atoms with E-state index in [1.807, 2.05) is 18.2 Å². The number of aromatic nitrogens is 1. The van der Waals surface area contributed by atoms with Crippen LogP contribution in [-0.4, -0.2) is 16.7 Å². The largest absolute Gasteiger partial charge is 0.392 e. The van der Waals surface area contributed by atoms with Crippen molar-refractivity contribution < 1.29 is 5.11 Å². The van der Waals surface area contributed by atoms with Crippen molar-refractivity contribution in [1.29, 1.82) is 0 Å². The first-order valence-electron chi connectivity index (χ1n) is 3.72. The lowest BCUT2D eigenvalue weighted by Gasteiger charge is -1.84. The van der Waals surface area contributed by atoms with Crippen molar-refractivity contribution in [2.75, 3.05) is 6.61 Å². The molecule has 1 heterocycles. The van der Waals surface area contributed by atoms with E-state index in [2.05, 4.69) is 11.6 Å². The number of pyridine rings is 1. The second-order valence-electron chi connectivity index (χ2n) is 2.32. The summed E-state index contributed by atoms with van der Waals surface area (Å²) < 4.78 is 0. The minimum atomic E-state index is 0.0588. The topological polar surface area (TPSA) is 33.1 Å². The van der Waals surface area contributed by atoms with Crippen LogP contribution in [0.5, 0.6) is 0 Å². The van der Waals surface area contributed by atoms with Crippen molar-refractivity contribution in [3.8, 4) is 0 Å². The van der Waals surface area contributed by atoms with Gasteiger partial charge < -0.3 is 5.11 Å². The summed E-state index contributed by atoms with van der Waals surface area (Å²) in [6, 6.07) is 3.78. The van der Waals surface area contributed by atoms with Gasteiger partial charge in [-0.05, 0) is 11.3 Å². The standard InChI is InChI=1S/C10H11NO/c1-9-10(5-2-3-8-12)6-4-7-11-9/h2-7,12H,1,8H2/b3-2-,10-5-. The summed E-state index contributed by atoms with van der Waals surface area (Å²) >= 11 is 0. The molecule has 0 amide bonds. The summed E-state index contributed by atoms with van der Waals surface area (Å²) in [5.41, 5.74) is 0. The highest BCUT2D eigenvalue weighted by atomic mass is 16.2. The maximum absolute atomic E-state index is 8.48. The van der Waals surface area contributed by atoms with E-state index >= 15 is 0 Å². The van der Waals surface area contributed by atoms with Crippen LogP contribution in [0.1, 0.15) is 0 Å². The maximum Gasteiger partial charge on any atom is 0.0630 e. The molecular formula is C10H11NO. The van der Waals surface area contributed by atoms with E-state index in [1.165, 1.54) is 0 Å².